The van der Waals surface area contributed by atoms with Gasteiger partial charge in [0.05, 0.1) is 0 Å². The van der Waals surface area contributed by atoms with Crippen molar-refractivity contribution in [2.45, 2.75) is 13.3 Å². The van der Waals surface area contributed by atoms with Gasteiger partial charge in [-0.05, 0) is 25.1 Å². The number of nitrogens with two attached hydrogens (primary N) is 1. The van der Waals surface area contributed by atoms with Crippen molar-refractivity contribution in [3.8, 4) is 0 Å². The molecule has 0 aliphatic rings. The molecule has 0 fully saturated rings. The zero-order valence-corrected chi connectivity index (χ0v) is 8.60. The number of hydrogen-bond acceptors (Lipinski definition) is 3. The molecule has 0 aliphatic carbocycles. The Bertz CT molecular complexity index is 545. The molecular weight excluding hydrogens is 190 g/mol. The SMILES string of the molecule is Cc1ccc2nc(CCN)cc(=O)n2c1. The smallest absolute Gasteiger partial charge is 0.258 e. The van der Waals surface area contributed by atoms with Gasteiger partial charge in [0.25, 0.3) is 5.56 Å². The lowest BCUT2D eigenvalue weighted by molar-refractivity contribution is 0.899. The van der Waals surface area contributed by atoms with Crippen molar-refractivity contribution in [3.05, 3.63) is 46.0 Å². The first-order valence-electron chi connectivity index (χ1n) is 4.90. The molecule has 0 atom stereocenters. The Kier molecular flexibility index (Phi) is 2.51. The Labute approximate surface area is 87.4 Å². The van der Waals surface area contributed by atoms with Crippen molar-refractivity contribution in [3.63, 3.8) is 0 Å². The fourth-order valence-corrected chi connectivity index (χ4v) is 1.53. The molecule has 0 radical (unpaired) electrons. The van der Waals surface area contributed by atoms with E-state index in [0.717, 1.165) is 11.3 Å². The quantitative estimate of drug-likeness (QED) is 0.773. The standard InChI is InChI=1S/C11H13N3O/c1-8-2-3-10-13-9(4-5-12)6-11(15)14(10)7-8/h2-3,6-7H,4-5,12H2,1H3. The molecule has 2 N–H and O–H groups in total. The summed E-state index contributed by atoms with van der Waals surface area (Å²) in [5.74, 6) is 0. The fraction of sp³-hybridized carbons (Fsp3) is 0.273. The highest BCUT2D eigenvalue weighted by Crippen LogP contribution is 2.02. The van der Waals surface area contributed by atoms with E-state index in [1.165, 1.54) is 0 Å². The van der Waals surface area contributed by atoms with Gasteiger partial charge in [-0.25, -0.2) is 4.98 Å². The van der Waals surface area contributed by atoms with E-state index in [0.29, 0.717) is 18.6 Å². The monoisotopic (exact) mass is 203 g/mol. The molecule has 0 bridgehead atoms. The molecule has 2 heterocycles. The summed E-state index contributed by atoms with van der Waals surface area (Å²) >= 11 is 0. The van der Waals surface area contributed by atoms with Crippen molar-refractivity contribution in [2.24, 2.45) is 5.73 Å². The molecule has 4 nitrogen and oxygen atoms in total. The maximum Gasteiger partial charge on any atom is 0.258 e. The van der Waals surface area contributed by atoms with Crippen LogP contribution in [0.4, 0.5) is 0 Å². The molecule has 2 aromatic heterocycles. The zero-order valence-electron chi connectivity index (χ0n) is 8.60. The summed E-state index contributed by atoms with van der Waals surface area (Å²) in [6.45, 7) is 2.45. The lowest BCUT2D eigenvalue weighted by Crippen LogP contribution is -2.17. The highest BCUT2D eigenvalue weighted by Gasteiger charge is 2.01. The number of hydrogen-bond donors (Lipinski definition) is 1. The van der Waals surface area contributed by atoms with Gasteiger partial charge in [-0.3, -0.25) is 9.20 Å². The number of nitrogens with zero attached hydrogens (tertiary/aromatic N) is 2. The largest absolute Gasteiger partial charge is 0.330 e. The molecule has 4 heteroatoms. The summed E-state index contributed by atoms with van der Waals surface area (Å²) in [5, 5.41) is 0. The van der Waals surface area contributed by atoms with Crippen molar-refractivity contribution in [2.75, 3.05) is 6.54 Å². The predicted octanol–water partition coefficient (Wildman–Crippen LogP) is 0.504. The van der Waals surface area contributed by atoms with E-state index in [2.05, 4.69) is 4.98 Å². The van der Waals surface area contributed by atoms with Crippen LogP contribution >= 0.6 is 0 Å². The highest BCUT2D eigenvalue weighted by molar-refractivity contribution is 5.39. The Morgan fingerprint density at radius 2 is 2.27 bits per heavy atom. The van der Waals surface area contributed by atoms with E-state index < -0.39 is 0 Å². The number of pyridine rings is 1. The van der Waals surface area contributed by atoms with Crippen LogP contribution in [0.25, 0.3) is 5.65 Å². The second-order valence-corrected chi connectivity index (χ2v) is 3.56. The van der Waals surface area contributed by atoms with Crippen LogP contribution in [0.5, 0.6) is 0 Å². The lowest BCUT2D eigenvalue weighted by atomic mass is 10.2. The van der Waals surface area contributed by atoms with E-state index in [1.54, 1.807) is 16.7 Å². The fourth-order valence-electron chi connectivity index (χ4n) is 1.53. The first kappa shape index (κ1) is 9.86. The third-order valence-corrected chi connectivity index (χ3v) is 2.26. The molecule has 2 aromatic rings. The van der Waals surface area contributed by atoms with Gasteiger partial charge in [-0.2, -0.15) is 0 Å². The van der Waals surface area contributed by atoms with Gasteiger partial charge in [-0.15, -0.1) is 0 Å². The molecule has 15 heavy (non-hydrogen) atoms. The van der Waals surface area contributed by atoms with Gasteiger partial charge in [0.15, 0.2) is 0 Å². The minimum Gasteiger partial charge on any atom is -0.330 e. The van der Waals surface area contributed by atoms with E-state index in [-0.39, 0.29) is 5.56 Å². The van der Waals surface area contributed by atoms with E-state index in [1.807, 2.05) is 19.1 Å². The minimum atomic E-state index is -0.0489. The van der Waals surface area contributed by atoms with Crippen LogP contribution in [0, 0.1) is 6.92 Å². The van der Waals surface area contributed by atoms with Crippen LogP contribution < -0.4 is 11.3 Å². The van der Waals surface area contributed by atoms with Gasteiger partial charge in [0, 0.05) is 24.4 Å². The van der Waals surface area contributed by atoms with E-state index >= 15 is 0 Å². The van der Waals surface area contributed by atoms with Crippen LogP contribution in [0.15, 0.2) is 29.2 Å². The summed E-state index contributed by atoms with van der Waals surface area (Å²) in [5.41, 5.74) is 7.85. The van der Waals surface area contributed by atoms with E-state index in [9.17, 15) is 4.79 Å². The molecular formula is C11H13N3O. The number of aryl methyl sites for hydroxylation is 1. The first-order valence-corrected chi connectivity index (χ1v) is 4.90. The molecule has 0 aromatic carbocycles. The van der Waals surface area contributed by atoms with Crippen molar-refractivity contribution in [1.82, 2.24) is 9.38 Å². The summed E-state index contributed by atoms with van der Waals surface area (Å²) in [6.07, 6.45) is 2.43. The minimum absolute atomic E-state index is 0.0489. The Morgan fingerprint density at radius 3 is 3.00 bits per heavy atom. The summed E-state index contributed by atoms with van der Waals surface area (Å²) in [7, 11) is 0. The highest BCUT2D eigenvalue weighted by atomic mass is 16.1. The Hall–Kier alpha value is -1.68. The molecule has 0 saturated carbocycles. The maximum absolute atomic E-state index is 11.7. The van der Waals surface area contributed by atoms with Crippen LogP contribution in [-0.4, -0.2) is 15.9 Å². The molecule has 2 rings (SSSR count). The number of fused-ring (bicyclic) bond motifs is 1. The van der Waals surface area contributed by atoms with Crippen molar-refractivity contribution < 1.29 is 0 Å². The van der Waals surface area contributed by atoms with E-state index in [4.69, 9.17) is 5.73 Å². The third kappa shape index (κ3) is 1.89. The second kappa shape index (κ2) is 3.82. The topological polar surface area (TPSA) is 60.4 Å². The molecule has 0 saturated heterocycles. The molecule has 0 unspecified atom stereocenters. The van der Waals surface area contributed by atoms with Crippen molar-refractivity contribution >= 4 is 5.65 Å². The van der Waals surface area contributed by atoms with Gasteiger partial charge in [-0.1, -0.05) is 6.07 Å². The molecule has 78 valence electrons. The van der Waals surface area contributed by atoms with Crippen LogP contribution in [0.1, 0.15) is 11.3 Å². The van der Waals surface area contributed by atoms with Gasteiger partial charge in [0.2, 0.25) is 0 Å². The van der Waals surface area contributed by atoms with Crippen LogP contribution in [0.3, 0.4) is 0 Å². The lowest BCUT2D eigenvalue weighted by Gasteiger charge is -2.03. The maximum atomic E-state index is 11.7. The number of rotatable bonds is 2. The Morgan fingerprint density at radius 1 is 1.47 bits per heavy atom. The Balaban J connectivity index is 2.67. The average molecular weight is 203 g/mol. The summed E-state index contributed by atoms with van der Waals surface area (Å²) in [4.78, 5) is 16.1. The molecule has 0 spiro atoms. The molecule has 0 amide bonds. The third-order valence-electron chi connectivity index (χ3n) is 2.26. The van der Waals surface area contributed by atoms with Gasteiger partial charge in [0.1, 0.15) is 5.65 Å². The predicted molar refractivity (Wildman–Crippen MR) is 59.0 cm³/mol. The zero-order chi connectivity index (χ0) is 10.8. The van der Waals surface area contributed by atoms with Gasteiger partial charge >= 0.3 is 0 Å². The first-order chi connectivity index (χ1) is 7.20. The van der Waals surface area contributed by atoms with Crippen molar-refractivity contribution in [1.29, 1.82) is 0 Å². The van der Waals surface area contributed by atoms with Gasteiger partial charge < -0.3 is 5.73 Å². The number of aromatic nitrogens is 2. The van der Waals surface area contributed by atoms with Crippen LogP contribution in [-0.2, 0) is 6.42 Å². The summed E-state index contributed by atoms with van der Waals surface area (Å²) in [6, 6.07) is 5.32. The second-order valence-electron chi connectivity index (χ2n) is 3.56. The normalized spacial score (nSPS) is 10.8. The average Bonchev–Trinajstić information content (AvgIpc) is 2.20. The summed E-state index contributed by atoms with van der Waals surface area (Å²) < 4.78 is 1.55. The molecule has 0 aliphatic heterocycles. The van der Waals surface area contributed by atoms with Crippen LogP contribution in [0.2, 0.25) is 0 Å².